The van der Waals surface area contributed by atoms with Gasteiger partial charge < -0.3 is 10.4 Å². The molecule has 4 nitrogen and oxygen atoms in total. The van der Waals surface area contributed by atoms with Crippen LogP contribution in [-0.4, -0.2) is 34.5 Å². The fourth-order valence-electron chi connectivity index (χ4n) is 1.50. The predicted molar refractivity (Wildman–Crippen MR) is 71.5 cm³/mol. The number of nitrogens with one attached hydrogen (secondary N) is 1. The van der Waals surface area contributed by atoms with Crippen LogP contribution in [0.3, 0.4) is 0 Å². The van der Waals surface area contributed by atoms with Crippen molar-refractivity contribution in [1.29, 1.82) is 0 Å². The van der Waals surface area contributed by atoms with Gasteiger partial charge in [0.2, 0.25) is 5.95 Å². The van der Waals surface area contributed by atoms with Crippen molar-refractivity contribution in [1.82, 2.24) is 9.97 Å². The maximum absolute atomic E-state index is 8.80. The number of rotatable bonds is 5. The van der Waals surface area contributed by atoms with Gasteiger partial charge in [0.1, 0.15) is 5.03 Å². The van der Waals surface area contributed by atoms with Crippen LogP contribution in [0, 0.1) is 0 Å². The van der Waals surface area contributed by atoms with E-state index in [1.165, 1.54) is 0 Å². The molecule has 2 rings (SSSR count). The van der Waals surface area contributed by atoms with Crippen LogP contribution in [-0.2, 0) is 0 Å². The predicted octanol–water partition coefficient (Wildman–Crippen LogP) is 2.15. The van der Waals surface area contributed by atoms with Gasteiger partial charge in [0.05, 0.1) is 5.52 Å². The van der Waals surface area contributed by atoms with E-state index < -0.39 is 0 Å². The molecule has 1 aromatic heterocycles. The lowest BCUT2D eigenvalue weighted by molar-refractivity contribution is 0.296. The van der Waals surface area contributed by atoms with E-state index in [1.807, 2.05) is 31.3 Å². The third kappa shape index (κ3) is 2.87. The molecule has 1 aromatic carbocycles. The van der Waals surface area contributed by atoms with Gasteiger partial charge in [-0.15, -0.1) is 11.8 Å². The zero-order valence-corrected chi connectivity index (χ0v) is 10.5. The number of thioether (sulfide) groups is 1. The summed E-state index contributed by atoms with van der Waals surface area (Å²) in [6, 6.07) is 7.96. The number of hydrogen-bond acceptors (Lipinski definition) is 5. The highest BCUT2D eigenvalue weighted by atomic mass is 32.2. The Labute approximate surface area is 104 Å². The first kappa shape index (κ1) is 12.1. The van der Waals surface area contributed by atoms with Gasteiger partial charge in [-0.2, -0.15) is 0 Å². The third-order valence-corrected chi connectivity index (χ3v) is 3.41. The van der Waals surface area contributed by atoms with Gasteiger partial charge in [0.25, 0.3) is 0 Å². The summed E-state index contributed by atoms with van der Waals surface area (Å²) in [7, 11) is 1.81. The standard InChI is InChI=1S/C12H15N3OS/c1-13-12-14-10-6-3-2-5-9(10)11(15-12)17-8-4-7-16/h2-3,5-6,16H,4,7-8H2,1H3,(H,13,14,15). The smallest absolute Gasteiger partial charge is 0.224 e. The van der Waals surface area contributed by atoms with Crippen LogP contribution in [0.2, 0.25) is 0 Å². The SMILES string of the molecule is CNc1nc(SCCCO)c2ccccc2n1. The monoisotopic (exact) mass is 249 g/mol. The second-order valence-electron chi connectivity index (χ2n) is 3.55. The zero-order valence-electron chi connectivity index (χ0n) is 9.68. The summed E-state index contributed by atoms with van der Waals surface area (Å²) >= 11 is 1.65. The van der Waals surface area contributed by atoms with Gasteiger partial charge in [-0.05, 0) is 12.5 Å². The van der Waals surface area contributed by atoms with E-state index in [9.17, 15) is 0 Å². The first-order valence-electron chi connectivity index (χ1n) is 5.53. The Morgan fingerprint density at radius 3 is 2.88 bits per heavy atom. The van der Waals surface area contributed by atoms with E-state index in [-0.39, 0.29) is 6.61 Å². The lowest BCUT2D eigenvalue weighted by Crippen LogP contribution is -1.99. The average molecular weight is 249 g/mol. The Kier molecular flexibility index (Phi) is 4.17. The number of benzene rings is 1. The molecule has 0 radical (unpaired) electrons. The molecule has 2 N–H and O–H groups in total. The number of anilines is 1. The van der Waals surface area contributed by atoms with E-state index >= 15 is 0 Å². The van der Waals surface area contributed by atoms with Crippen LogP contribution < -0.4 is 5.32 Å². The third-order valence-electron chi connectivity index (χ3n) is 2.33. The van der Waals surface area contributed by atoms with Crippen molar-refractivity contribution in [3.63, 3.8) is 0 Å². The fraction of sp³-hybridized carbons (Fsp3) is 0.333. The van der Waals surface area contributed by atoms with Gasteiger partial charge in [0.15, 0.2) is 0 Å². The van der Waals surface area contributed by atoms with Crippen LogP contribution in [0.1, 0.15) is 6.42 Å². The van der Waals surface area contributed by atoms with Crippen molar-refractivity contribution in [2.24, 2.45) is 0 Å². The number of aliphatic hydroxyl groups is 1. The lowest BCUT2D eigenvalue weighted by atomic mass is 10.2. The van der Waals surface area contributed by atoms with E-state index in [0.29, 0.717) is 5.95 Å². The maximum Gasteiger partial charge on any atom is 0.224 e. The summed E-state index contributed by atoms with van der Waals surface area (Å²) in [4.78, 5) is 8.85. The maximum atomic E-state index is 8.80. The molecule has 0 aliphatic heterocycles. The van der Waals surface area contributed by atoms with E-state index in [0.717, 1.165) is 28.1 Å². The highest BCUT2D eigenvalue weighted by molar-refractivity contribution is 7.99. The normalized spacial score (nSPS) is 10.7. The molecule has 0 aliphatic carbocycles. The van der Waals surface area contributed by atoms with E-state index in [1.54, 1.807) is 11.8 Å². The van der Waals surface area contributed by atoms with Gasteiger partial charge in [-0.3, -0.25) is 0 Å². The minimum Gasteiger partial charge on any atom is -0.396 e. The Morgan fingerprint density at radius 1 is 1.29 bits per heavy atom. The Bertz CT molecular complexity index is 504. The summed E-state index contributed by atoms with van der Waals surface area (Å²) in [5.41, 5.74) is 0.943. The Balaban J connectivity index is 2.36. The van der Waals surface area contributed by atoms with Crippen LogP contribution in [0.4, 0.5) is 5.95 Å². The molecule has 2 aromatic rings. The molecule has 0 atom stereocenters. The highest BCUT2D eigenvalue weighted by Gasteiger charge is 2.06. The summed E-state index contributed by atoms with van der Waals surface area (Å²) in [5, 5.41) is 13.8. The average Bonchev–Trinajstić information content (AvgIpc) is 2.38. The lowest BCUT2D eigenvalue weighted by Gasteiger charge is -2.07. The minimum absolute atomic E-state index is 0.217. The molecule has 0 bridgehead atoms. The fourth-order valence-corrected chi connectivity index (χ4v) is 2.45. The summed E-state index contributed by atoms with van der Waals surface area (Å²) in [5.74, 6) is 1.50. The molecule has 90 valence electrons. The molecule has 0 unspecified atom stereocenters. The largest absolute Gasteiger partial charge is 0.396 e. The van der Waals surface area contributed by atoms with Gasteiger partial charge in [0, 0.05) is 24.8 Å². The van der Waals surface area contributed by atoms with Crippen molar-refractivity contribution in [2.45, 2.75) is 11.4 Å². The van der Waals surface area contributed by atoms with Crippen molar-refractivity contribution in [3.8, 4) is 0 Å². The molecule has 0 fully saturated rings. The second-order valence-corrected chi connectivity index (χ2v) is 4.63. The molecule has 17 heavy (non-hydrogen) atoms. The second kappa shape index (κ2) is 5.84. The van der Waals surface area contributed by atoms with Crippen LogP contribution >= 0.6 is 11.8 Å². The quantitative estimate of drug-likeness (QED) is 0.483. The Hall–Kier alpha value is -1.33. The van der Waals surface area contributed by atoms with E-state index in [2.05, 4.69) is 15.3 Å². The molecule has 0 saturated carbocycles. The summed E-state index contributed by atoms with van der Waals surface area (Å²) in [6.07, 6.45) is 0.776. The zero-order chi connectivity index (χ0) is 12.1. The molecule has 0 spiro atoms. The van der Waals surface area contributed by atoms with Crippen LogP contribution in [0.15, 0.2) is 29.3 Å². The molecular weight excluding hydrogens is 234 g/mol. The van der Waals surface area contributed by atoms with Crippen molar-refractivity contribution in [2.75, 3.05) is 24.7 Å². The number of nitrogens with zero attached hydrogens (tertiary/aromatic N) is 2. The number of para-hydroxylation sites is 1. The van der Waals surface area contributed by atoms with Crippen LogP contribution in [0.5, 0.6) is 0 Å². The topological polar surface area (TPSA) is 58.0 Å². The number of aliphatic hydroxyl groups excluding tert-OH is 1. The number of aromatic nitrogens is 2. The van der Waals surface area contributed by atoms with E-state index in [4.69, 9.17) is 5.11 Å². The molecule has 0 amide bonds. The number of hydrogen-bond donors (Lipinski definition) is 2. The van der Waals surface area contributed by atoms with Gasteiger partial charge in [-0.1, -0.05) is 18.2 Å². The summed E-state index contributed by atoms with van der Waals surface area (Å²) in [6.45, 7) is 0.217. The summed E-state index contributed by atoms with van der Waals surface area (Å²) < 4.78 is 0. The first-order valence-corrected chi connectivity index (χ1v) is 6.52. The molecule has 0 aliphatic rings. The molecular formula is C12H15N3OS. The van der Waals surface area contributed by atoms with Gasteiger partial charge >= 0.3 is 0 Å². The highest BCUT2D eigenvalue weighted by Crippen LogP contribution is 2.26. The Morgan fingerprint density at radius 2 is 2.12 bits per heavy atom. The minimum atomic E-state index is 0.217. The van der Waals surface area contributed by atoms with Crippen molar-refractivity contribution in [3.05, 3.63) is 24.3 Å². The van der Waals surface area contributed by atoms with Gasteiger partial charge in [-0.25, -0.2) is 9.97 Å². The van der Waals surface area contributed by atoms with Crippen molar-refractivity contribution < 1.29 is 5.11 Å². The molecule has 5 heteroatoms. The number of fused-ring (bicyclic) bond motifs is 1. The molecule has 1 heterocycles. The first-order chi connectivity index (χ1) is 8.35. The van der Waals surface area contributed by atoms with Crippen LogP contribution in [0.25, 0.3) is 10.9 Å². The van der Waals surface area contributed by atoms with Crippen molar-refractivity contribution >= 4 is 28.6 Å². The molecule has 0 saturated heterocycles.